The standard InChI is InChI=1S/C31H49NO11/c1-10-18(5)15-38-29(35)42-24-13-12-23(14-25(24)43-30(36)39-16-19(6)11-2)26(27(32)28(33)34)20(7)22(9)41-31(37)40-21(8)17(3)4/h12-14,17-22,26-27H,10-11,15-16,32H2,1-9H3,(H,33,34)/t18?,19?,20?,21?,22?,26?,27-/m0/s1. The van der Waals surface area contributed by atoms with Crippen molar-refractivity contribution in [3.05, 3.63) is 23.8 Å². The normalized spacial score (nSPS) is 16.1. The molecule has 244 valence electrons. The summed E-state index contributed by atoms with van der Waals surface area (Å²) in [6.07, 6.45) is -2.59. The van der Waals surface area contributed by atoms with Crippen molar-refractivity contribution in [3.63, 3.8) is 0 Å². The molecule has 0 aliphatic carbocycles. The molecule has 1 aromatic carbocycles. The number of carbonyl (C=O) groups is 4. The molecule has 43 heavy (non-hydrogen) atoms. The number of carboxylic acid groups (broad SMARTS) is 1. The number of rotatable bonds is 16. The molecule has 0 saturated heterocycles. The average Bonchev–Trinajstić information content (AvgIpc) is 2.95. The topological polar surface area (TPSA) is 170 Å². The number of ether oxygens (including phenoxy) is 6. The van der Waals surface area contributed by atoms with Gasteiger partial charge >= 0.3 is 24.4 Å². The van der Waals surface area contributed by atoms with Crippen LogP contribution in [0, 0.1) is 23.7 Å². The SMILES string of the molecule is CCC(C)COC(=O)Oc1ccc(C(C(C)C(C)OC(=O)OC(C)C(C)C)[C@H](N)C(=O)O)cc1OC(=O)OCC(C)CC. The summed E-state index contributed by atoms with van der Waals surface area (Å²) in [5.41, 5.74) is 6.45. The first-order valence-electron chi connectivity index (χ1n) is 14.8. The van der Waals surface area contributed by atoms with Gasteiger partial charge in [-0.2, -0.15) is 0 Å². The van der Waals surface area contributed by atoms with Crippen LogP contribution in [-0.4, -0.2) is 61.0 Å². The van der Waals surface area contributed by atoms with Gasteiger partial charge in [0.25, 0.3) is 0 Å². The van der Waals surface area contributed by atoms with Gasteiger partial charge < -0.3 is 39.3 Å². The molecule has 0 fully saturated rings. The van der Waals surface area contributed by atoms with Crippen LogP contribution in [0.1, 0.15) is 86.6 Å². The fourth-order valence-electron chi connectivity index (χ4n) is 3.65. The third-order valence-electron chi connectivity index (χ3n) is 7.59. The fourth-order valence-corrected chi connectivity index (χ4v) is 3.65. The lowest BCUT2D eigenvalue weighted by molar-refractivity contribution is -0.139. The smallest absolute Gasteiger partial charge is 0.480 e. The van der Waals surface area contributed by atoms with Gasteiger partial charge in [0.2, 0.25) is 0 Å². The predicted molar refractivity (Wildman–Crippen MR) is 158 cm³/mol. The number of carboxylic acids is 1. The van der Waals surface area contributed by atoms with Gasteiger partial charge in [-0.05, 0) is 49.3 Å². The first-order chi connectivity index (χ1) is 20.1. The fraction of sp³-hybridized carbons (Fsp3) is 0.677. The number of aliphatic carboxylic acids is 1. The van der Waals surface area contributed by atoms with Crippen molar-refractivity contribution in [2.24, 2.45) is 29.4 Å². The van der Waals surface area contributed by atoms with E-state index in [1.54, 1.807) is 20.8 Å². The minimum atomic E-state index is -1.44. The molecule has 0 amide bonds. The van der Waals surface area contributed by atoms with Crippen LogP contribution in [0.5, 0.6) is 11.5 Å². The summed E-state index contributed by atoms with van der Waals surface area (Å²) in [7, 11) is 0. The van der Waals surface area contributed by atoms with Crippen LogP contribution in [0.3, 0.4) is 0 Å². The zero-order valence-corrected chi connectivity index (χ0v) is 26.8. The van der Waals surface area contributed by atoms with E-state index in [9.17, 15) is 24.3 Å². The molecule has 1 aromatic rings. The second-order valence-electron chi connectivity index (χ2n) is 11.4. The molecule has 0 heterocycles. The third kappa shape index (κ3) is 12.7. The molecule has 0 radical (unpaired) electrons. The Balaban J connectivity index is 3.38. The van der Waals surface area contributed by atoms with E-state index < -0.39 is 54.5 Å². The van der Waals surface area contributed by atoms with E-state index >= 15 is 0 Å². The first kappa shape index (κ1) is 37.5. The van der Waals surface area contributed by atoms with Crippen LogP contribution in [0.15, 0.2) is 18.2 Å². The molecule has 12 nitrogen and oxygen atoms in total. The van der Waals surface area contributed by atoms with E-state index in [1.807, 2.05) is 41.5 Å². The molecule has 0 aliphatic heterocycles. The molecule has 12 heteroatoms. The summed E-state index contributed by atoms with van der Waals surface area (Å²) >= 11 is 0. The van der Waals surface area contributed by atoms with Gasteiger partial charge in [-0.1, -0.05) is 67.4 Å². The molecule has 3 N–H and O–H groups in total. The minimum Gasteiger partial charge on any atom is -0.480 e. The van der Waals surface area contributed by atoms with Gasteiger partial charge in [-0.15, -0.1) is 0 Å². The van der Waals surface area contributed by atoms with E-state index in [1.165, 1.54) is 18.2 Å². The Hall–Kier alpha value is -3.54. The van der Waals surface area contributed by atoms with E-state index in [2.05, 4.69) is 0 Å². The Labute approximate surface area is 254 Å². The Morgan fingerprint density at radius 3 is 1.70 bits per heavy atom. The Kier molecular flexibility index (Phi) is 15.9. The number of hydrogen-bond acceptors (Lipinski definition) is 11. The summed E-state index contributed by atoms with van der Waals surface area (Å²) < 4.78 is 31.8. The molecule has 1 rings (SSSR count). The lowest BCUT2D eigenvalue weighted by Crippen LogP contribution is -2.43. The van der Waals surface area contributed by atoms with Crippen molar-refractivity contribution in [1.29, 1.82) is 0 Å². The Bertz CT molecular complexity index is 1060. The molecular weight excluding hydrogens is 562 g/mol. The van der Waals surface area contributed by atoms with E-state index in [0.29, 0.717) is 5.56 Å². The zero-order valence-electron chi connectivity index (χ0n) is 26.8. The molecule has 0 aliphatic rings. The number of carbonyl (C=O) groups excluding carboxylic acids is 3. The number of nitrogens with two attached hydrogens (primary N) is 1. The zero-order chi connectivity index (χ0) is 32.9. The average molecular weight is 612 g/mol. The molecular formula is C31H49NO11. The molecule has 0 saturated carbocycles. The third-order valence-corrected chi connectivity index (χ3v) is 7.59. The predicted octanol–water partition coefficient (Wildman–Crippen LogP) is 6.53. The maximum atomic E-state index is 12.5. The molecule has 6 unspecified atom stereocenters. The summed E-state index contributed by atoms with van der Waals surface area (Å²) in [5.74, 6) is -2.99. The molecule has 0 bridgehead atoms. The summed E-state index contributed by atoms with van der Waals surface area (Å²) in [5, 5.41) is 9.82. The van der Waals surface area contributed by atoms with Crippen molar-refractivity contribution >= 4 is 24.4 Å². The van der Waals surface area contributed by atoms with Crippen LogP contribution >= 0.6 is 0 Å². The van der Waals surface area contributed by atoms with Crippen LogP contribution in [0.2, 0.25) is 0 Å². The van der Waals surface area contributed by atoms with Crippen molar-refractivity contribution in [2.75, 3.05) is 13.2 Å². The monoisotopic (exact) mass is 611 g/mol. The highest BCUT2D eigenvalue weighted by Gasteiger charge is 2.36. The van der Waals surface area contributed by atoms with Crippen LogP contribution in [0.25, 0.3) is 0 Å². The highest BCUT2D eigenvalue weighted by atomic mass is 16.7. The lowest BCUT2D eigenvalue weighted by atomic mass is 9.79. The second-order valence-corrected chi connectivity index (χ2v) is 11.4. The lowest BCUT2D eigenvalue weighted by Gasteiger charge is -2.32. The molecule has 7 atom stereocenters. The van der Waals surface area contributed by atoms with Gasteiger partial charge in [0.1, 0.15) is 18.2 Å². The second kappa shape index (κ2) is 18.2. The highest BCUT2D eigenvalue weighted by Crippen LogP contribution is 2.37. The van der Waals surface area contributed by atoms with Gasteiger partial charge in [0, 0.05) is 11.8 Å². The highest BCUT2D eigenvalue weighted by molar-refractivity contribution is 5.75. The van der Waals surface area contributed by atoms with Crippen molar-refractivity contribution < 1.29 is 52.7 Å². The summed E-state index contributed by atoms with van der Waals surface area (Å²) in [4.78, 5) is 49.3. The van der Waals surface area contributed by atoms with E-state index in [-0.39, 0.29) is 42.5 Å². The summed E-state index contributed by atoms with van der Waals surface area (Å²) in [6.45, 7) is 16.7. The first-order valence-corrected chi connectivity index (χ1v) is 14.8. The van der Waals surface area contributed by atoms with Crippen molar-refractivity contribution in [1.82, 2.24) is 0 Å². The van der Waals surface area contributed by atoms with Crippen LogP contribution < -0.4 is 15.2 Å². The number of hydrogen-bond donors (Lipinski definition) is 2. The van der Waals surface area contributed by atoms with Crippen LogP contribution in [-0.2, 0) is 23.7 Å². The summed E-state index contributed by atoms with van der Waals surface area (Å²) in [6, 6.07) is 2.74. The van der Waals surface area contributed by atoms with Gasteiger partial charge in [-0.3, -0.25) is 4.79 Å². The maximum Gasteiger partial charge on any atom is 0.513 e. The van der Waals surface area contributed by atoms with E-state index in [0.717, 1.165) is 12.8 Å². The van der Waals surface area contributed by atoms with Crippen molar-refractivity contribution in [2.45, 2.75) is 99.3 Å². The van der Waals surface area contributed by atoms with Crippen LogP contribution in [0.4, 0.5) is 14.4 Å². The maximum absolute atomic E-state index is 12.5. The van der Waals surface area contributed by atoms with E-state index in [4.69, 9.17) is 34.2 Å². The molecule has 0 spiro atoms. The minimum absolute atomic E-state index is 0.0665. The number of benzene rings is 1. The quantitative estimate of drug-likeness (QED) is 0.118. The Morgan fingerprint density at radius 2 is 1.23 bits per heavy atom. The Morgan fingerprint density at radius 1 is 0.744 bits per heavy atom. The van der Waals surface area contributed by atoms with Gasteiger partial charge in [0.15, 0.2) is 11.5 Å². The van der Waals surface area contributed by atoms with Gasteiger partial charge in [0.05, 0.1) is 13.2 Å². The van der Waals surface area contributed by atoms with Gasteiger partial charge in [-0.25, -0.2) is 14.4 Å². The molecule has 0 aromatic heterocycles. The van der Waals surface area contributed by atoms with Crippen molar-refractivity contribution in [3.8, 4) is 11.5 Å². The largest absolute Gasteiger partial charge is 0.513 e.